The van der Waals surface area contributed by atoms with Crippen molar-refractivity contribution in [3.05, 3.63) is 0 Å². The highest BCUT2D eigenvalue weighted by Crippen LogP contribution is 2.28. The molecule has 2 fully saturated rings. The van der Waals surface area contributed by atoms with E-state index in [9.17, 15) is 4.79 Å². The molecule has 0 radical (unpaired) electrons. The molecule has 0 aromatic rings. The van der Waals surface area contributed by atoms with E-state index in [1.165, 1.54) is 51.6 Å². The zero-order valence-corrected chi connectivity index (χ0v) is 15.6. The fraction of sp³-hybridized carbons (Fsp3) is 0.947. The van der Waals surface area contributed by atoms with Crippen LogP contribution in [0.2, 0.25) is 0 Å². The van der Waals surface area contributed by atoms with Crippen LogP contribution in [0.1, 0.15) is 72.6 Å². The monoisotopic (exact) mass is 324 g/mol. The van der Waals surface area contributed by atoms with Gasteiger partial charge in [-0.15, -0.1) is 0 Å². The molecule has 2 rings (SSSR count). The van der Waals surface area contributed by atoms with Crippen LogP contribution in [-0.2, 0) is 4.74 Å². The van der Waals surface area contributed by atoms with Gasteiger partial charge >= 0.3 is 6.09 Å². The standard InChI is InChI=1S/C19H36N2O2/c1-5-15-9-8-12-21(13-15)14-16-10-6-7-11-17(16)20-18(22)23-19(2,3)4/h15-17H,5-14H2,1-4H3,(H,20,22)/t15-,16+,17-/m0/s1. The molecule has 1 amide bonds. The average molecular weight is 325 g/mol. The molecule has 0 unspecified atom stereocenters. The largest absolute Gasteiger partial charge is 0.444 e. The Morgan fingerprint density at radius 1 is 1.17 bits per heavy atom. The lowest BCUT2D eigenvalue weighted by Gasteiger charge is -2.39. The molecule has 1 saturated carbocycles. The van der Waals surface area contributed by atoms with Crippen molar-refractivity contribution in [3.63, 3.8) is 0 Å². The third-order valence-electron chi connectivity index (χ3n) is 5.28. The van der Waals surface area contributed by atoms with Crippen molar-refractivity contribution in [1.29, 1.82) is 0 Å². The highest BCUT2D eigenvalue weighted by Gasteiger charge is 2.30. The van der Waals surface area contributed by atoms with Crippen molar-refractivity contribution in [2.45, 2.75) is 84.3 Å². The van der Waals surface area contributed by atoms with E-state index in [-0.39, 0.29) is 12.1 Å². The highest BCUT2D eigenvalue weighted by atomic mass is 16.6. The van der Waals surface area contributed by atoms with Crippen LogP contribution in [0.15, 0.2) is 0 Å². The Hall–Kier alpha value is -0.770. The summed E-state index contributed by atoms with van der Waals surface area (Å²) in [5.74, 6) is 1.44. The minimum atomic E-state index is -0.421. The van der Waals surface area contributed by atoms with Gasteiger partial charge in [0, 0.05) is 19.1 Å². The molecule has 1 aliphatic heterocycles. The maximum atomic E-state index is 12.1. The van der Waals surface area contributed by atoms with Gasteiger partial charge < -0.3 is 15.0 Å². The van der Waals surface area contributed by atoms with E-state index in [4.69, 9.17) is 4.74 Å². The van der Waals surface area contributed by atoms with Gasteiger partial charge in [-0.2, -0.15) is 0 Å². The van der Waals surface area contributed by atoms with Crippen LogP contribution in [0.4, 0.5) is 4.79 Å². The molecule has 1 N–H and O–H groups in total. The number of rotatable bonds is 4. The van der Waals surface area contributed by atoms with Crippen molar-refractivity contribution in [2.24, 2.45) is 11.8 Å². The minimum absolute atomic E-state index is 0.250. The zero-order valence-electron chi connectivity index (χ0n) is 15.6. The summed E-state index contributed by atoms with van der Waals surface area (Å²) in [5.41, 5.74) is -0.421. The molecule has 0 spiro atoms. The molecule has 1 aliphatic carbocycles. The van der Waals surface area contributed by atoms with Crippen molar-refractivity contribution >= 4 is 6.09 Å². The Labute approximate surface area is 142 Å². The minimum Gasteiger partial charge on any atom is -0.444 e. The number of nitrogens with zero attached hydrogens (tertiary/aromatic N) is 1. The van der Waals surface area contributed by atoms with Crippen molar-refractivity contribution in [2.75, 3.05) is 19.6 Å². The smallest absolute Gasteiger partial charge is 0.407 e. The molecule has 4 heteroatoms. The number of carbonyl (C=O) groups is 1. The first-order valence-corrected chi connectivity index (χ1v) is 9.59. The summed E-state index contributed by atoms with van der Waals surface area (Å²) in [4.78, 5) is 14.8. The number of likely N-dealkylation sites (tertiary alicyclic amines) is 1. The van der Waals surface area contributed by atoms with Crippen LogP contribution in [0.3, 0.4) is 0 Å². The molecule has 0 aromatic heterocycles. The zero-order chi connectivity index (χ0) is 16.9. The van der Waals surface area contributed by atoms with Gasteiger partial charge in [-0.1, -0.05) is 26.2 Å². The van der Waals surface area contributed by atoms with Gasteiger partial charge in [0.2, 0.25) is 0 Å². The molecular weight excluding hydrogens is 288 g/mol. The van der Waals surface area contributed by atoms with E-state index in [1.807, 2.05) is 20.8 Å². The fourth-order valence-corrected chi connectivity index (χ4v) is 4.06. The van der Waals surface area contributed by atoms with Crippen LogP contribution in [0.5, 0.6) is 0 Å². The van der Waals surface area contributed by atoms with Crippen LogP contribution < -0.4 is 5.32 Å². The number of piperidine rings is 1. The number of nitrogens with one attached hydrogen (secondary N) is 1. The van der Waals surface area contributed by atoms with Crippen molar-refractivity contribution < 1.29 is 9.53 Å². The summed E-state index contributed by atoms with van der Waals surface area (Å²) < 4.78 is 5.45. The number of hydrogen-bond donors (Lipinski definition) is 1. The molecule has 4 nitrogen and oxygen atoms in total. The SMILES string of the molecule is CC[C@H]1CCCN(C[C@H]2CCCC[C@@H]2NC(=O)OC(C)(C)C)C1. The first-order chi connectivity index (χ1) is 10.9. The third kappa shape index (κ3) is 6.33. The van der Waals surface area contributed by atoms with Gasteiger partial charge in [0.15, 0.2) is 0 Å². The molecule has 1 saturated heterocycles. The summed E-state index contributed by atoms with van der Waals surface area (Å²) in [7, 11) is 0. The Kier molecular flexibility index (Phi) is 6.75. The maximum Gasteiger partial charge on any atom is 0.407 e. The topological polar surface area (TPSA) is 41.6 Å². The predicted molar refractivity (Wildman–Crippen MR) is 94.6 cm³/mol. The number of alkyl carbamates (subject to hydrolysis) is 1. The molecule has 3 atom stereocenters. The third-order valence-corrected chi connectivity index (χ3v) is 5.28. The van der Waals surface area contributed by atoms with E-state index < -0.39 is 5.60 Å². The van der Waals surface area contributed by atoms with Crippen LogP contribution in [-0.4, -0.2) is 42.3 Å². The number of amides is 1. The Bertz CT molecular complexity index is 378. The number of hydrogen-bond acceptors (Lipinski definition) is 3. The summed E-state index contributed by atoms with van der Waals surface area (Å²) >= 11 is 0. The summed E-state index contributed by atoms with van der Waals surface area (Å²) in [5, 5.41) is 3.15. The highest BCUT2D eigenvalue weighted by molar-refractivity contribution is 5.68. The Morgan fingerprint density at radius 3 is 2.61 bits per heavy atom. The van der Waals surface area contributed by atoms with E-state index in [1.54, 1.807) is 0 Å². The molecule has 2 aliphatic rings. The van der Waals surface area contributed by atoms with Gasteiger partial charge in [0.25, 0.3) is 0 Å². The maximum absolute atomic E-state index is 12.1. The Morgan fingerprint density at radius 2 is 1.91 bits per heavy atom. The van der Waals surface area contributed by atoms with Gasteiger partial charge in [0.05, 0.1) is 0 Å². The lowest BCUT2D eigenvalue weighted by molar-refractivity contribution is 0.0443. The average Bonchev–Trinajstić information content (AvgIpc) is 2.47. The van der Waals surface area contributed by atoms with E-state index in [2.05, 4.69) is 17.1 Å². The fourth-order valence-electron chi connectivity index (χ4n) is 4.06. The second-order valence-electron chi connectivity index (χ2n) is 8.47. The van der Waals surface area contributed by atoms with Crippen LogP contribution >= 0.6 is 0 Å². The molecule has 0 aromatic carbocycles. The molecule has 1 heterocycles. The molecule has 0 bridgehead atoms. The Balaban J connectivity index is 1.86. The summed E-state index contributed by atoms with van der Waals surface area (Å²) in [6, 6.07) is 0.278. The van der Waals surface area contributed by atoms with Crippen LogP contribution in [0.25, 0.3) is 0 Å². The second kappa shape index (κ2) is 8.36. The molecule has 134 valence electrons. The van der Waals surface area contributed by atoms with Crippen LogP contribution in [0, 0.1) is 11.8 Å². The van der Waals surface area contributed by atoms with Gasteiger partial charge in [0.1, 0.15) is 5.60 Å². The van der Waals surface area contributed by atoms with Gasteiger partial charge in [-0.25, -0.2) is 4.79 Å². The normalized spacial score (nSPS) is 30.0. The second-order valence-corrected chi connectivity index (χ2v) is 8.47. The molecular formula is C19H36N2O2. The first-order valence-electron chi connectivity index (χ1n) is 9.59. The number of ether oxygens (including phenoxy) is 1. The van der Waals surface area contributed by atoms with E-state index in [0.717, 1.165) is 18.9 Å². The van der Waals surface area contributed by atoms with Crippen molar-refractivity contribution in [3.8, 4) is 0 Å². The number of carbonyl (C=O) groups excluding carboxylic acids is 1. The quantitative estimate of drug-likeness (QED) is 0.843. The lowest BCUT2D eigenvalue weighted by Crippen LogP contribution is -2.49. The van der Waals surface area contributed by atoms with E-state index in [0.29, 0.717) is 5.92 Å². The summed E-state index contributed by atoms with van der Waals surface area (Å²) in [6.07, 6.45) is 8.59. The van der Waals surface area contributed by atoms with Gasteiger partial charge in [-0.3, -0.25) is 0 Å². The molecule has 23 heavy (non-hydrogen) atoms. The predicted octanol–water partition coefficient (Wildman–Crippen LogP) is 4.19. The lowest BCUT2D eigenvalue weighted by atomic mass is 9.83. The van der Waals surface area contributed by atoms with Crippen molar-refractivity contribution in [1.82, 2.24) is 10.2 Å². The first kappa shape index (κ1) is 18.6. The van der Waals surface area contributed by atoms with Gasteiger partial charge in [-0.05, 0) is 64.8 Å². The summed E-state index contributed by atoms with van der Waals surface area (Å²) in [6.45, 7) is 11.7. The van der Waals surface area contributed by atoms with E-state index >= 15 is 0 Å².